The summed E-state index contributed by atoms with van der Waals surface area (Å²) in [6, 6.07) is 7.54. The zero-order valence-electron chi connectivity index (χ0n) is 10.1. The zero-order valence-corrected chi connectivity index (χ0v) is 10.1. The van der Waals surface area contributed by atoms with Gasteiger partial charge in [0.15, 0.2) is 0 Å². The molecule has 0 unspecified atom stereocenters. The summed E-state index contributed by atoms with van der Waals surface area (Å²) in [5, 5.41) is 0. The average Bonchev–Trinajstić information content (AvgIpc) is 2.34. The number of nitrogens with zero attached hydrogens (tertiary/aromatic N) is 1. The molecule has 5 nitrogen and oxygen atoms in total. The Labute approximate surface area is 104 Å². The summed E-state index contributed by atoms with van der Waals surface area (Å²) in [6.45, 7) is 2.16. The van der Waals surface area contributed by atoms with E-state index in [-0.39, 0.29) is 11.2 Å². The van der Waals surface area contributed by atoms with Crippen molar-refractivity contribution in [3.63, 3.8) is 0 Å². The Hall–Kier alpha value is -2.30. The molecule has 0 fully saturated rings. The summed E-state index contributed by atoms with van der Waals surface area (Å²) in [6.07, 6.45) is 2.22. The molecule has 3 N–H and O–H groups in total. The molecule has 0 radical (unpaired) electrons. The van der Waals surface area contributed by atoms with Gasteiger partial charge in [-0.25, -0.2) is 4.79 Å². The van der Waals surface area contributed by atoms with Gasteiger partial charge >= 0.3 is 5.69 Å². The number of H-pyrrole nitrogens is 1. The highest BCUT2D eigenvalue weighted by Gasteiger charge is 2.02. The van der Waals surface area contributed by atoms with E-state index in [1.807, 2.05) is 24.3 Å². The molecule has 1 aromatic heterocycles. The number of anilines is 1. The van der Waals surface area contributed by atoms with Gasteiger partial charge in [-0.05, 0) is 25.0 Å². The van der Waals surface area contributed by atoms with Crippen LogP contribution >= 0.6 is 0 Å². The molecule has 94 valence electrons. The molecular weight excluding hydrogens is 230 g/mol. The fourth-order valence-corrected chi connectivity index (χ4v) is 1.79. The van der Waals surface area contributed by atoms with E-state index in [0.717, 1.165) is 5.56 Å². The highest BCUT2D eigenvalue weighted by Crippen LogP contribution is 2.11. The third kappa shape index (κ3) is 2.51. The van der Waals surface area contributed by atoms with Crippen molar-refractivity contribution >= 4 is 5.69 Å². The first kappa shape index (κ1) is 12.2. The molecule has 2 rings (SSSR count). The lowest BCUT2D eigenvalue weighted by molar-refractivity contribution is 0.641. The van der Waals surface area contributed by atoms with Gasteiger partial charge in [0.2, 0.25) is 0 Å². The van der Waals surface area contributed by atoms with Crippen LogP contribution < -0.4 is 17.0 Å². The maximum absolute atomic E-state index is 11.6. The van der Waals surface area contributed by atoms with E-state index in [1.165, 1.54) is 4.57 Å². The number of nitrogens with two attached hydrogens (primary N) is 1. The zero-order chi connectivity index (χ0) is 13.1. The molecule has 0 saturated heterocycles. The van der Waals surface area contributed by atoms with Crippen LogP contribution in [0.1, 0.15) is 11.1 Å². The van der Waals surface area contributed by atoms with E-state index in [1.54, 1.807) is 13.1 Å². The molecule has 0 spiro atoms. The topological polar surface area (TPSA) is 80.9 Å². The van der Waals surface area contributed by atoms with Gasteiger partial charge in [0.1, 0.15) is 0 Å². The van der Waals surface area contributed by atoms with Gasteiger partial charge in [-0.1, -0.05) is 18.2 Å². The number of hydrogen-bond donors (Lipinski definition) is 2. The van der Waals surface area contributed by atoms with Gasteiger partial charge in [-0.2, -0.15) is 0 Å². The summed E-state index contributed by atoms with van der Waals surface area (Å²) in [5.41, 5.74) is 7.34. The minimum Gasteiger partial charge on any atom is -0.399 e. The molecule has 0 aliphatic rings. The van der Waals surface area contributed by atoms with Crippen molar-refractivity contribution in [3.05, 3.63) is 62.4 Å². The third-order valence-electron chi connectivity index (χ3n) is 2.87. The molecule has 0 aliphatic carbocycles. The van der Waals surface area contributed by atoms with Crippen LogP contribution in [0.4, 0.5) is 5.69 Å². The molecule has 0 bridgehead atoms. The molecule has 0 aliphatic heterocycles. The summed E-state index contributed by atoms with van der Waals surface area (Å²) >= 11 is 0. The Balaban J connectivity index is 2.21. The lowest BCUT2D eigenvalue weighted by atomic mass is 10.1. The summed E-state index contributed by atoms with van der Waals surface area (Å²) < 4.78 is 1.49. The summed E-state index contributed by atoms with van der Waals surface area (Å²) in [7, 11) is 0. The van der Waals surface area contributed by atoms with Gasteiger partial charge in [0, 0.05) is 24.0 Å². The maximum atomic E-state index is 11.6. The van der Waals surface area contributed by atoms with Gasteiger partial charge < -0.3 is 5.73 Å². The second-order valence-electron chi connectivity index (χ2n) is 4.21. The van der Waals surface area contributed by atoms with E-state index in [9.17, 15) is 9.59 Å². The van der Waals surface area contributed by atoms with Crippen molar-refractivity contribution in [2.75, 3.05) is 5.73 Å². The van der Waals surface area contributed by atoms with Crippen LogP contribution in [0.3, 0.4) is 0 Å². The fraction of sp³-hybridized carbons (Fsp3) is 0.231. The molecule has 0 amide bonds. The summed E-state index contributed by atoms with van der Waals surface area (Å²) in [5.74, 6) is 0. The van der Waals surface area contributed by atoms with Crippen molar-refractivity contribution < 1.29 is 0 Å². The van der Waals surface area contributed by atoms with Crippen molar-refractivity contribution in [2.45, 2.75) is 19.9 Å². The number of aromatic nitrogens is 2. The van der Waals surface area contributed by atoms with E-state index in [2.05, 4.69) is 4.98 Å². The molecule has 0 saturated carbocycles. The van der Waals surface area contributed by atoms with Gasteiger partial charge in [-0.3, -0.25) is 14.3 Å². The molecule has 0 atom stereocenters. The van der Waals surface area contributed by atoms with Crippen LogP contribution in [0.2, 0.25) is 0 Å². The number of nitrogen functional groups attached to an aromatic ring is 1. The molecule has 5 heteroatoms. The number of aromatic amines is 1. The Bertz CT molecular complexity index is 670. The first-order valence-corrected chi connectivity index (χ1v) is 5.71. The van der Waals surface area contributed by atoms with Crippen molar-refractivity contribution in [2.24, 2.45) is 0 Å². The molecule has 1 aromatic carbocycles. The van der Waals surface area contributed by atoms with Crippen LogP contribution in [0, 0.1) is 6.92 Å². The normalized spacial score (nSPS) is 10.5. The lowest BCUT2D eigenvalue weighted by Crippen LogP contribution is -2.31. The highest BCUT2D eigenvalue weighted by molar-refractivity contribution is 5.46. The van der Waals surface area contributed by atoms with Crippen LogP contribution in [-0.2, 0) is 13.0 Å². The second-order valence-corrected chi connectivity index (χ2v) is 4.21. The second kappa shape index (κ2) is 4.91. The number of benzene rings is 1. The number of rotatable bonds is 3. The van der Waals surface area contributed by atoms with Gasteiger partial charge in [0.05, 0.1) is 0 Å². The fourth-order valence-electron chi connectivity index (χ4n) is 1.79. The standard InChI is InChI=1S/C13H15N3O2/c1-9-8-16(13(18)15-12(9)17)7-6-10-4-2-3-5-11(10)14/h2-5,8H,6-7,14H2,1H3,(H,15,17,18). The lowest BCUT2D eigenvalue weighted by Gasteiger charge is -2.07. The monoisotopic (exact) mass is 245 g/mol. The molecule has 18 heavy (non-hydrogen) atoms. The Kier molecular flexibility index (Phi) is 3.32. The number of hydrogen-bond acceptors (Lipinski definition) is 3. The summed E-state index contributed by atoms with van der Waals surface area (Å²) in [4.78, 5) is 25.1. The van der Waals surface area contributed by atoms with Crippen molar-refractivity contribution in [3.8, 4) is 0 Å². The van der Waals surface area contributed by atoms with Crippen molar-refractivity contribution in [1.29, 1.82) is 0 Å². The Morgan fingerprint density at radius 1 is 1.28 bits per heavy atom. The largest absolute Gasteiger partial charge is 0.399 e. The SMILES string of the molecule is Cc1cn(CCc2ccccc2N)c(=O)[nH]c1=O. The van der Waals surface area contributed by atoms with Crippen LogP contribution in [0.5, 0.6) is 0 Å². The van der Waals surface area contributed by atoms with E-state index < -0.39 is 0 Å². The van der Waals surface area contributed by atoms with Crippen molar-refractivity contribution in [1.82, 2.24) is 9.55 Å². The number of nitrogens with one attached hydrogen (secondary N) is 1. The third-order valence-corrected chi connectivity index (χ3v) is 2.87. The maximum Gasteiger partial charge on any atom is 0.328 e. The average molecular weight is 245 g/mol. The predicted octanol–water partition coefficient (Wildman–Crippen LogP) is 0.670. The minimum atomic E-state index is -0.389. The first-order chi connectivity index (χ1) is 8.58. The molecular formula is C13H15N3O2. The van der Waals surface area contributed by atoms with E-state index in [0.29, 0.717) is 24.2 Å². The molecule has 1 heterocycles. The minimum absolute atomic E-state index is 0.338. The first-order valence-electron chi connectivity index (χ1n) is 5.71. The highest BCUT2D eigenvalue weighted by atomic mass is 16.2. The van der Waals surface area contributed by atoms with E-state index in [4.69, 9.17) is 5.73 Å². The van der Waals surface area contributed by atoms with Gasteiger partial charge in [-0.15, -0.1) is 0 Å². The van der Waals surface area contributed by atoms with Gasteiger partial charge in [0.25, 0.3) is 5.56 Å². The number of aryl methyl sites for hydroxylation is 3. The van der Waals surface area contributed by atoms with Crippen LogP contribution in [0.15, 0.2) is 40.1 Å². The number of para-hydroxylation sites is 1. The van der Waals surface area contributed by atoms with Crippen LogP contribution in [0.25, 0.3) is 0 Å². The quantitative estimate of drug-likeness (QED) is 0.780. The van der Waals surface area contributed by atoms with E-state index >= 15 is 0 Å². The predicted molar refractivity (Wildman–Crippen MR) is 70.6 cm³/mol. The Morgan fingerprint density at radius 2 is 2.00 bits per heavy atom. The van der Waals surface area contributed by atoms with Crippen LogP contribution in [-0.4, -0.2) is 9.55 Å². The smallest absolute Gasteiger partial charge is 0.328 e. The molecule has 2 aromatic rings. The Morgan fingerprint density at radius 3 is 2.72 bits per heavy atom.